The number of benzene rings is 3. The van der Waals surface area contributed by atoms with E-state index in [2.05, 4.69) is 20.9 Å². The minimum atomic E-state index is -0.573. The third kappa shape index (κ3) is 8.42. The topological polar surface area (TPSA) is 130 Å². The van der Waals surface area contributed by atoms with Crippen LogP contribution in [0.5, 0.6) is 11.5 Å². The predicted octanol–water partition coefficient (Wildman–Crippen LogP) is 7.50. The minimum Gasteiger partial charge on any atom is -0.508 e. The molecule has 5 aromatic rings. The number of aromatic hydroxyl groups is 1. The Balaban J connectivity index is 1.31. The quantitative estimate of drug-likeness (QED) is 0.0799. The molecule has 1 unspecified atom stereocenters. The van der Waals surface area contributed by atoms with Crippen LogP contribution in [0, 0.1) is 0 Å². The van der Waals surface area contributed by atoms with Gasteiger partial charge < -0.3 is 25.8 Å². The van der Waals surface area contributed by atoms with Crippen molar-refractivity contribution in [1.82, 2.24) is 10.3 Å². The number of phenols is 1. The number of thioether (sulfide) groups is 1. The molecular formula is C34H30N4O5S3. The van der Waals surface area contributed by atoms with Crippen LogP contribution in [0.25, 0.3) is 16.6 Å². The fraction of sp³-hybridized carbons (Fsp3) is 0.118. The first-order valence-corrected chi connectivity index (χ1v) is 16.8. The first-order chi connectivity index (χ1) is 22.3. The molecule has 46 heavy (non-hydrogen) atoms. The van der Waals surface area contributed by atoms with Gasteiger partial charge in [-0.1, -0.05) is 37.3 Å². The first-order valence-electron chi connectivity index (χ1n) is 14.2. The summed E-state index contributed by atoms with van der Waals surface area (Å²) < 4.78 is 5.37. The van der Waals surface area contributed by atoms with E-state index >= 15 is 0 Å². The zero-order valence-electron chi connectivity index (χ0n) is 24.9. The molecule has 9 nitrogen and oxygen atoms in total. The molecular weight excluding hydrogens is 641 g/mol. The second-order valence-electron chi connectivity index (χ2n) is 9.81. The third-order valence-corrected chi connectivity index (χ3v) is 9.60. The SMILES string of the molecule is CCC(Sc1cccc(NC(=O)/C(=C\c2ccc(O)cc2OC)NC(=O)c2ccccc2)c1)C(=O)Nc1nc(-c2cccs2)cs1. The summed E-state index contributed by atoms with van der Waals surface area (Å²) in [6, 6.07) is 24.1. The van der Waals surface area contributed by atoms with Crippen molar-refractivity contribution < 1.29 is 24.2 Å². The monoisotopic (exact) mass is 670 g/mol. The van der Waals surface area contributed by atoms with Gasteiger partial charge in [-0.3, -0.25) is 14.4 Å². The van der Waals surface area contributed by atoms with Crippen LogP contribution >= 0.6 is 34.4 Å². The molecule has 3 amide bonds. The molecule has 3 aromatic carbocycles. The molecule has 5 rings (SSSR count). The normalized spacial score (nSPS) is 11.8. The molecule has 0 aliphatic rings. The van der Waals surface area contributed by atoms with E-state index in [-0.39, 0.29) is 17.4 Å². The Morgan fingerprint density at radius 2 is 1.80 bits per heavy atom. The summed E-state index contributed by atoms with van der Waals surface area (Å²) in [6.07, 6.45) is 2.05. The Bertz CT molecular complexity index is 1860. The van der Waals surface area contributed by atoms with Gasteiger partial charge in [0.1, 0.15) is 17.2 Å². The molecule has 234 valence electrons. The average Bonchev–Trinajstić information content (AvgIpc) is 3.77. The maximum Gasteiger partial charge on any atom is 0.272 e. The maximum atomic E-state index is 13.6. The van der Waals surface area contributed by atoms with Gasteiger partial charge in [-0.05, 0) is 66.4 Å². The van der Waals surface area contributed by atoms with Crippen LogP contribution in [0.1, 0.15) is 29.3 Å². The highest BCUT2D eigenvalue weighted by Gasteiger charge is 2.21. The molecule has 0 bridgehead atoms. The molecule has 0 spiro atoms. The first kappa shape index (κ1) is 32.5. The molecule has 12 heteroatoms. The molecule has 2 heterocycles. The van der Waals surface area contributed by atoms with E-state index in [9.17, 15) is 19.5 Å². The highest BCUT2D eigenvalue weighted by molar-refractivity contribution is 8.00. The lowest BCUT2D eigenvalue weighted by molar-refractivity contribution is -0.116. The number of nitrogens with one attached hydrogen (secondary N) is 3. The zero-order chi connectivity index (χ0) is 32.5. The Kier molecular flexibility index (Phi) is 10.9. The van der Waals surface area contributed by atoms with Gasteiger partial charge in [0.15, 0.2) is 5.13 Å². The van der Waals surface area contributed by atoms with Crippen molar-refractivity contribution in [2.24, 2.45) is 0 Å². The van der Waals surface area contributed by atoms with Crippen molar-refractivity contribution in [2.75, 3.05) is 17.7 Å². The molecule has 4 N–H and O–H groups in total. The average molecular weight is 671 g/mol. The second kappa shape index (κ2) is 15.4. The van der Waals surface area contributed by atoms with Crippen LogP contribution < -0.4 is 20.7 Å². The second-order valence-corrected chi connectivity index (χ2v) is 12.9. The number of rotatable bonds is 12. The van der Waals surface area contributed by atoms with E-state index in [1.165, 1.54) is 48.4 Å². The summed E-state index contributed by atoms with van der Waals surface area (Å²) in [5, 5.41) is 22.4. The predicted molar refractivity (Wildman–Crippen MR) is 186 cm³/mol. The van der Waals surface area contributed by atoms with E-state index in [1.54, 1.807) is 65.9 Å². The van der Waals surface area contributed by atoms with E-state index in [4.69, 9.17) is 4.74 Å². The molecule has 0 aliphatic carbocycles. The number of anilines is 2. The van der Waals surface area contributed by atoms with Crippen LogP contribution in [0.3, 0.4) is 0 Å². The molecule has 2 aromatic heterocycles. The number of thiophene rings is 1. The van der Waals surface area contributed by atoms with E-state index in [0.29, 0.717) is 34.1 Å². The fourth-order valence-corrected chi connectivity index (χ4v) is 6.79. The van der Waals surface area contributed by atoms with Gasteiger partial charge in [-0.25, -0.2) is 4.98 Å². The lowest BCUT2D eigenvalue weighted by Crippen LogP contribution is -2.30. The zero-order valence-corrected chi connectivity index (χ0v) is 27.3. The van der Waals surface area contributed by atoms with Gasteiger partial charge in [-0.15, -0.1) is 34.4 Å². The Morgan fingerprint density at radius 3 is 2.54 bits per heavy atom. The number of amides is 3. The van der Waals surface area contributed by atoms with Crippen molar-refractivity contribution in [2.45, 2.75) is 23.5 Å². The fourth-order valence-electron chi connectivity index (χ4n) is 4.30. The Morgan fingerprint density at radius 1 is 0.978 bits per heavy atom. The summed E-state index contributed by atoms with van der Waals surface area (Å²) in [5.41, 5.74) is 2.12. The molecule has 0 saturated carbocycles. The number of carbonyl (C=O) groups is 3. The number of phenolic OH excluding ortho intramolecular Hbond substituents is 1. The summed E-state index contributed by atoms with van der Waals surface area (Å²) >= 11 is 4.35. The van der Waals surface area contributed by atoms with E-state index < -0.39 is 17.1 Å². The summed E-state index contributed by atoms with van der Waals surface area (Å²) in [6.45, 7) is 1.94. The van der Waals surface area contributed by atoms with Gasteiger partial charge in [0.05, 0.1) is 22.9 Å². The van der Waals surface area contributed by atoms with Crippen molar-refractivity contribution in [3.63, 3.8) is 0 Å². The number of carbonyl (C=O) groups excluding carboxylic acids is 3. The van der Waals surface area contributed by atoms with Crippen molar-refractivity contribution in [1.29, 1.82) is 0 Å². The lowest BCUT2D eigenvalue weighted by atomic mass is 10.1. The number of hydrogen-bond donors (Lipinski definition) is 4. The van der Waals surface area contributed by atoms with Gasteiger partial charge >= 0.3 is 0 Å². The van der Waals surface area contributed by atoms with Gasteiger partial charge in [0.25, 0.3) is 11.8 Å². The number of methoxy groups -OCH3 is 1. The van der Waals surface area contributed by atoms with Gasteiger partial charge in [-0.2, -0.15) is 0 Å². The van der Waals surface area contributed by atoms with Crippen LogP contribution in [0.2, 0.25) is 0 Å². The smallest absolute Gasteiger partial charge is 0.272 e. The minimum absolute atomic E-state index is 0.00326. The molecule has 0 aliphatic heterocycles. The number of thiazole rings is 1. The number of ether oxygens (including phenoxy) is 1. The molecule has 0 radical (unpaired) electrons. The highest BCUT2D eigenvalue weighted by atomic mass is 32.2. The van der Waals surface area contributed by atoms with Gasteiger partial charge in [0, 0.05) is 33.2 Å². The van der Waals surface area contributed by atoms with Crippen LogP contribution in [0.4, 0.5) is 10.8 Å². The molecule has 1 atom stereocenters. The molecule has 0 saturated heterocycles. The number of aromatic nitrogens is 1. The highest BCUT2D eigenvalue weighted by Crippen LogP contribution is 2.32. The van der Waals surface area contributed by atoms with Crippen LogP contribution in [-0.4, -0.2) is 40.2 Å². The summed E-state index contributed by atoms with van der Waals surface area (Å²) in [5.74, 6) is -0.885. The largest absolute Gasteiger partial charge is 0.508 e. The summed E-state index contributed by atoms with van der Waals surface area (Å²) in [4.78, 5) is 46.1. The molecule has 0 fully saturated rings. The van der Waals surface area contributed by atoms with Crippen LogP contribution in [-0.2, 0) is 9.59 Å². The van der Waals surface area contributed by atoms with Crippen molar-refractivity contribution in [3.8, 4) is 22.1 Å². The third-order valence-electron chi connectivity index (χ3n) is 6.59. The van der Waals surface area contributed by atoms with Crippen molar-refractivity contribution >= 4 is 69.1 Å². The van der Waals surface area contributed by atoms with Crippen LogP contribution in [0.15, 0.2) is 106 Å². The van der Waals surface area contributed by atoms with E-state index in [1.807, 2.05) is 35.9 Å². The number of nitrogens with zero attached hydrogens (tertiary/aromatic N) is 1. The summed E-state index contributed by atoms with van der Waals surface area (Å²) in [7, 11) is 1.45. The Hall–Kier alpha value is -4.91. The standard InChI is InChI=1S/C34H30N4O5S3/c1-3-29(33(42)38-34-37-27(20-45-34)30-13-8-16-44-30)46-25-12-7-11-23(18-25)35-32(41)26(36-31(40)21-9-5-4-6-10-21)17-22-14-15-24(39)19-28(22)43-2/h4-20,29,39H,3H2,1-2H3,(H,35,41)(H,36,40)(H,37,38,42)/b26-17+. The Labute approximate surface area is 278 Å². The van der Waals surface area contributed by atoms with E-state index in [0.717, 1.165) is 15.5 Å². The lowest BCUT2D eigenvalue weighted by Gasteiger charge is -2.15. The maximum absolute atomic E-state index is 13.6. The number of hydrogen-bond acceptors (Lipinski definition) is 9. The van der Waals surface area contributed by atoms with Gasteiger partial charge in [0.2, 0.25) is 5.91 Å². The van der Waals surface area contributed by atoms with Crippen molar-refractivity contribution in [3.05, 3.63) is 113 Å².